The quantitative estimate of drug-likeness (QED) is 0.884. The molecule has 0 unspecified atom stereocenters. The molecule has 0 saturated heterocycles. The first-order valence-corrected chi connectivity index (χ1v) is 5.60. The lowest BCUT2D eigenvalue weighted by atomic mass is 10.0. The lowest BCUT2D eigenvalue weighted by Gasteiger charge is -2.14. The van der Waals surface area contributed by atoms with E-state index in [0.717, 1.165) is 28.6 Å². The normalized spacial score (nSPS) is 10.4. The molecule has 1 rings (SSSR count). The molecule has 1 aromatic rings. The first kappa shape index (κ1) is 12.3. The van der Waals surface area contributed by atoms with Gasteiger partial charge in [0.05, 0.1) is 7.11 Å². The second-order valence-corrected chi connectivity index (χ2v) is 4.22. The molecular weight excluding hydrogens is 258 g/mol. The summed E-state index contributed by atoms with van der Waals surface area (Å²) in [5, 5.41) is 12.8. The Hall–Kier alpha value is -0.740. The van der Waals surface area contributed by atoms with Gasteiger partial charge in [-0.2, -0.15) is 0 Å². The summed E-state index contributed by atoms with van der Waals surface area (Å²) in [6.45, 7) is 2.87. The molecule has 0 spiro atoms. The van der Waals surface area contributed by atoms with Gasteiger partial charge >= 0.3 is 0 Å². The Bertz CT molecular complexity index is 353. The summed E-state index contributed by atoms with van der Waals surface area (Å²) >= 11 is 3.42. The minimum absolute atomic E-state index is 0.182. The number of methoxy groups -OCH3 is 1. The molecule has 1 aromatic carbocycles. The molecule has 0 aromatic heterocycles. The Morgan fingerprint density at radius 2 is 2.20 bits per heavy atom. The van der Waals surface area contributed by atoms with Crippen LogP contribution in [-0.4, -0.2) is 25.8 Å². The highest BCUT2D eigenvalue weighted by atomic mass is 79.9. The Balaban J connectivity index is 3.18. The number of nitrogens with one attached hydrogen (secondary N) is 1. The van der Waals surface area contributed by atoms with E-state index in [4.69, 9.17) is 4.74 Å². The van der Waals surface area contributed by atoms with Crippen LogP contribution in [0.15, 0.2) is 10.5 Å². The van der Waals surface area contributed by atoms with E-state index in [0.29, 0.717) is 5.75 Å². The minimum atomic E-state index is 0.182. The number of rotatable bonds is 4. The fraction of sp³-hybridized carbons (Fsp3) is 0.455. The van der Waals surface area contributed by atoms with Crippen molar-refractivity contribution in [2.75, 3.05) is 20.7 Å². The van der Waals surface area contributed by atoms with Crippen molar-refractivity contribution in [3.63, 3.8) is 0 Å². The summed E-state index contributed by atoms with van der Waals surface area (Å²) in [4.78, 5) is 0. The zero-order valence-electron chi connectivity index (χ0n) is 9.22. The molecule has 0 radical (unpaired) electrons. The van der Waals surface area contributed by atoms with Crippen molar-refractivity contribution >= 4 is 15.9 Å². The molecule has 0 aliphatic heterocycles. The van der Waals surface area contributed by atoms with Crippen molar-refractivity contribution in [2.45, 2.75) is 13.3 Å². The molecular formula is C11H16BrNO2. The third kappa shape index (κ3) is 2.63. The van der Waals surface area contributed by atoms with Gasteiger partial charge in [0.15, 0.2) is 11.5 Å². The molecule has 2 N–H and O–H groups in total. The molecule has 0 fully saturated rings. The smallest absolute Gasteiger partial charge is 0.164 e. The SMILES string of the molecule is CNCCc1c(C)c(Br)cc(O)c1OC. The van der Waals surface area contributed by atoms with Crippen LogP contribution in [0.5, 0.6) is 11.5 Å². The van der Waals surface area contributed by atoms with Crippen LogP contribution in [0.1, 0.15) is 11.1 Å². The van der Waals surface area contributed by atoms with E-state index in [2.05, 4.69) is 21.2 Å². The van der Waals surface area contributed by atoms with Gasteiger partial charge in [0.1, 0.15) is 0 Å². The molecule has 3 nitrogen and oxygen atoms in total. The Morgan fingerprint density at radius 1 is 1.53 bits per heavy atom. The lowest BCUT2D eigenvalue weighted by Crippen LogP contribution is -2.12. The number of hydrogen-bond acceptors (Lipinski definition) is 3. The van der Waals surface area contributed by atoms with Crippen LogP contribution < -0.4 is 10.1 Å². The van der Waals surface area contributed by atoms with Crippen molar-refractivity contribution < 1.29 is 9.84 Å². The van der Waals surface area contributed by atoms with Crippen molar-refractivity contribution in [1.82, 2.24) is 5.32 Å². The van der Waals surface area contributed by atoms with Gasteiger partial charge in [-0.3, -0.25) is 0 Å². The van der Waals surface area contributed by atoms with Crippen LogP contribution in [0.3, 0.4) is 0 Å². The third-order valence-electron chi connectivity index (χ3n) is 2.41. The van der Waals surface area contributed by atoms with E-state index in [1.54, 1.807) is 13.2 Å². The average Bonchev–Trinajstić information content (AvgIpc) is 2.21. The minimum Gasteiger partial charge on any atom is -0.504 e. The van der Waals surface area contributed by atoms with Crippen molar-refractivity contribution in [3.8, 4) is 11.5 Å². The maximum absolute atomic E-state index is 9.72. The highest BCUT2D eigenvalue weighted by Gasteiger charge is 2.14. The van der Waals surface area contributed by atoms with Gasteiger partial charge in [0, 0.05) is 10.0 Å². The van der Waals surface area contributed by atoms with Crippen LogP contribution in [0.25, 0.3) is 0 Å². The predicted molar refractivity (Wildman–Crippen MR) is 64.7 cm³/mol. The number of phenolic OH excluding ortho intramolecular Hbond substituents is 1. The molecule has 0 atom stereocenters. The average molecular weight is 274 g/mol. The van der Waals surface area contributed by atoms with Crippen LogP contribution in [0.4, 0.5) is 0 Å². The molecule has 0 bridgehead atoms. The summed E-state index contributed by atoms with van der Waals surface area (Å²) in [6.07, 6.45) is 0.832. The number of halogens is 1. The molecule has 15 heavy (non-hydrogen) atoms. The zero-order chi connectivity index (χ0) is 11.4. The number of aromatic hydroxyl groups is 1. The fourth-order valence-electron chi connectivity index (χ4n) is 1.54. The monoisotopic (exact) mass is 273 g/mol. The standard InChI is InChI=1S/C11H16BrNO2/c1-7-8(4-5-13-2)11(15-3)10(14)6-9(7)12/h6,13-14H,4-5H2,1-3H3. The van der Waals surface area contributed by atoms with Crippen LogP contribution in [0.2, 0.25) is 0 Å². The summed E-state index contributed by atoms with van der Waals surface area (Å²) in [6, 6.07) is 1.66. The Kier molecular flexibility index (Phi) is 4.42. The maximum atomic E-state index is 9.72. The van der Waals surface area contributed by atoms with E-state index in [1.165, 1.54) is 0 Å². The largest absolute Gasteiger partial charge is 0.504 e. The molecule has 0 aliphatic carbocycles. The Morgan fingerprint density at radius 3 is 2.73 bits per heavy atom. The van der Waals surface area contributed by atoms with Crippen molar-refractivity contribution in [3.05, 3.63) is 21.7 Å². The molecule has 0 amide bonds. The second kappa shape index (κ2) is 5.37. The maximum Gasteiger partial charge on any atom is 0.164 e. The van der Waals surface area contributed by atoms with Crippen LogP contribution in [-0.2, 0) is 6.42 Å². The fourth-order valence-corrected chi connectivity index (χ4v) is 2.00. The number of ether oxygens (including phenoxy) is 1. The van der Waals surface area contributed by atoms with E-state index in [-0.39, 0.29) is 5.75 Å². The summed E-state index contributed by atoms with van der Waals surface area (Å²) in [7, 11) is 3.48. The van der Waals surface area contributed by atoms with Gasteiger partial charge in [0.25, 0.3) is 0 Å². The van der Waals surface area contributed by atoms with Gasteiger partial charge in [-0.15, -0.1) is 0 Å². The molecule has 0 saturated carbocycles. The van der Waals surface area contributed by atoms with Gasteiger partial charge in [-0.05, 0) is 38.6 Å². The molecule has 0 aliphatic rings. The van der Waals surface area contributed by atoms with E-state index in [9.17, 15) is 5.11 Å². The number of benzene rings is 1. The van der Waals surface area contributed by atoms with E-state index >= 15 is 0 Å². The van der Waals surface area contributed by atoms with Gasteiger partial charge in [0.2, 0.25) is 0 Å². The second-order valence-electron chi connectivity index (χ2n) is 3.37. The highest BCUT2D eigenvalue weighted by molar-refractivity contribution is 9.10. The van der Waals surface area contributed by atoms with Crippen LogP contribution in [0, 0.1) is 6.92 Å². The van der Waals surface area contributed by atoms with Crippen molar-refractivity contribution in [2.24, 2.45) is 0 Å². The number of hydrogen-bond donors (Lipinski definition) is 2. The van der Waals surface area contributed by atoms with Crippen molar-refractivity contribution in [1.29, 1.82) is 0 Å². The predicted octanol–water partition coefficient (Wildman–Crippen LogP) is 2.23. The van der Waals surface area contributed by atoms with Gasteiger partial charge < -0.3 is 15.2 Å². The topological polar surface area (TPSA) is 41.5 Å². The third-order valence-corrected chi connectivity index (χ3v) is 3.23. The van der Waals surface area contributed by atoms with Gasteiger partial charge in [-0.25, -0.2) is 0 Å². The lowest BCUT2D eigenvalue weighted by molar-refractivity contribution is 0.368. The first-order chi connectivity index (χ1) is 7.11. The van der Waals surface area contributed by atoms with Gasteiger partial charge in [-0.1, -0.05) is 15.9 Å². The number of phenols is 1. The summed E-state index contributed by atoms with van der Waals surface area (Å²) < 4.78 is 6.12. The zero-order valence-corrected chi connectivity index (χ0v) is 10.8. The molecule has 84 valence electrons. The van der Waals surface area contributed by atoms with Crippen LogP contribution >= 0.6 is 15.9 Å². The Labute approximate surface area is 98.6 Å². The molecule has 4 heteroatoms. The molecule has 0 heterocycles. The highest BCUT2D eigenvalue weighted by Crippen LogP contribution is 2.37. The summed E-state index contributed by atoms with van der Waals surface area (Å²) in [5.41, 5.74) is 2.15. The van der Waals surface area contributed by atoms with E-state index < -0.39 is 0 Å². The summed E-state index contributed by atoms with van der Waals surface area (Å²) in [5.74, 6) is 0.757. The number of likely N-dealkylation sites (N-methyl/N-ethyl adjacent to an activating group) is 1. The first-order valence-electron chi connectivity index (χ1n) is 4.81. The van der Waals surface area contributed by atoms with E-state index in [1.807, 2.05) is 14.0 Å².